The zero-order valence-electron chi connectivity index (χ0n) is 6.50. The second-order valence-corrected chi connectivity index (χ2v) is 4.23. The van der Waals surface area contributed by atoms with Crippen molar-refractivity contribution in [2.24, 2.45) is 0 Å². The maximum atomic E-state index is 10.4. The normalized spacial score (nSPS) is 9.73. The summed E-state index contributed by atoms with van der Waals surface area (Å²) in [4.78, 5) is 10.1. The van der Waals surface area contributed by atoms with Crippen LogP contribution in [0.1, 0.15) is 5.56 Å². The van der Waals surface area contributed by atoms with E-state index in [-0.39, 0.29) is 10.6 Å². The Bertz CT molecular complexity index is 298. The van der Waals surface area contributed by atoms with E-state index in [9.17, 15) is 10.1 Å². The molecule has 0 spiro atoms. The topological polar surface area (TPSA) is 43.1 Å². The average Bonchev–Trinajstić information content (AvgIpc) is 1.94. The van der Waals surface area contributed by atoms with E-state index < -0.39 is 0 Å². The summed E-state index contributed by atoms with van der Waals surface area (Å²) in [5.41, 5.74) is 1.23. The van der Waals surface area contributed by atoms with E-state index in [1.807, 2.05) is 19.1 Å². The number of nitro groups is 1. The van der Waals surface area contributed by atoms with Gasteiger partial charge in [0.15, 0.2) is 0 Å². The molecule has 0 heterocycles. The number of hydrogen-bond donors (Lipinski definition) is 0. The van der Waals surface area contributed by atoms with Crippen molar-refractivity contribution in [3.8, 4) is 0 Å². The molecule has 0 atom stereocenters. The third-order valence-corrected chi connectivity index (χ3v) is 2.88. The Hall–Kier alpha value is 0.256. The van der Waals surface area contributed by atoms with Gasteiger partial charge < -0.3 is 0 Å². The average molecular weight is 175 g/mol. The predicted octanol–water partition coefficient (Wildman–Crippen LogP) is 0.697. The molecule has 0 aliphatic heterocycles. The van der Waals surface area contributed by atoms with Crippen LogP contribution in [-0.2, 0) is 0 Å². The summed E-state index contributed by atoms with van der Waals surface area (Å²) in [5, 5.41) is 10.4. The molecule has 0 bridgehead atoms. The van der Waals surface area contributed by atoms with Crippen LogP contribution in [0.5, 0.6) is 0 Å². The minimum atomic E-state index is -0.312. The molecule has 1 rings (SSSR count). The summed E-state index contributed by atoms with van der Waals surface area (Å²) in [6.07, 6.45) is 0. The molecular weight excluding hydrogens is 169 g/mol. The van der Waals surface area contributed by atoms with Crippen molar-refractivity contribution < 1.29 is 4.92 Å². The van der Waals surface area contributed by atoms with E-state index in [2.05, 4.69) is 0 Å². The molecule has 0 N–H and O–H groups in total. The predicted molar refractivity (Wildman–Crippen MR) is 43.2 cm³/mol. The second-order valence-electron chi connectivity index (χ2n) is 2.55. The van der Waals surface area contributed by atoms with E-state index in [0.717, 1.165) is 5.22 Å². The van der Waals surface area contributed by atoms with Crippen LogP contribution in [0.15, 0.2) is 18.2 Å². The molecule has 0 amide bonds. The monoisotopic (exact) mass is 175 g/mol. The van der Waals surface area contributed by atoms with Crippen LogP contribution in [0.3, 0.4) is 0 Å². The van der Waals surface area contributed by atoms with Gasteiger partial charge in [-0.15, -0.1) is 0 Å². The molecule has 0 saturated heterocycles. The van der Waals surface area contributed by atoms with Crippen molar-refractivity contribution in [2.75, 3.05) is 0 Å². The van der Waals surface area contributed by atoms with Crippen LogP contribution in [0.2, 0.25) is 0 Å². The molecule has 0 aliphatic rings. The Morgan fingerprint density at radius 3 is 2.64 bits per heavy atom. The second kappa shape index (κ2) is 3.78. The van der Waals surface area contributed by atoms with Crippen LogP contribution in [0.25, 0.3) is 0 Å². The van der Waals surface area contributed by atoms with Gasteiger partial charge in [0.2, 0.25) is 0 Å². The Labute approximate surface area is 98.5 Å². The first-order chi connectivity index (χ1) is 5.11. The van der Waals surface area contributed by atoms with Gasteiger partial charge in [-0.3, -0.25) is 0 Å². The van der Waals surface area contributed by atoms with E-state index in [0.29, 0.717) is 49.0 Å². The molecule has 1 aromatic carbocycles. The first-order valence-electron chi connectivity index (χ1n) is 3.33. The Balaban J connectivity index is 3.23. The molecule has 0 aliphatic carbocycles. The van der Waals surface area contributed by atoms with Crippen LogP contribution >= 0.6 is 0 Å². The van der Waals surface area contributed by atoms with Crippen molar-refractivity contribution in [3.05, 3.63) is 33.9 Å². The molecule has 0 saturated carbocycles. The van der Waals surface area contributed by atoms with Gasteiger partial charge in [0.1, 0.15) is 0 Å². The molecule has 11 heavy (non-hydrogen) atoms. The molecule has 0 fully saturated rings. The quantitative estimate of drug-likeness (QED) is 0.358. The number of nitrogens with zero attached hydrogens (tertiary/aromatic N) is 1. The number of aryl methyl sites for hydroxylation is 1. The summed E-state index contributed by atoms with van der Waals surface area (Å²) in [6, 6.07) is 5.38. The number of benzene rings is 1. The number of hydrogen-bond acceptors (Lipinski definition) is 2. The fourth-order valence-electron chi connectivity index (χ4n) is 0.916. The minimum absolute atomic E-state index is 0.282. The first kappa shape index (κ1) is 9.35. The zero-order chi connectivity index (χ0) is 8.43. The van der Waals surface area contributed by atoms with Crippen molar-refractivity contribution in [1.82, 2.24) is 0 Å². The zero-order valence-corrected chi connectivity index (χ0v) is 9.62. The van der Waals surface area contributed by atoms with Gasteiger partial charge in [-0.2, -0.15) is 0 Å². The van der Waals surface area contributed by atoms with Gasteiger partial charge >= 0.3 is 100 Å². The molecule has 52 valence electrons. The standard InChI is InChI=1S/C7H6NO2.K/c1-6-3-2-4-7(5-6)8(9)10;/h2-3,5H,1H3;. The van der Waals surface area contributed by atoms with Crippen LogP contribution in [0.4, 0.5) is 5.69 Å². The molecule has 0 aromatic heterocycles. The molecule has 0 unspecified atom stereocenters. The fraction of sp³-hybridized carbons (Fsp3) is 0.143. The van der Waals surface area contributed by atoms with E-state index in [1.54, 1.807) is 6.07 Å². The van der Waals surface area contributed by atoms with Gasteiger partial charge in [-0.05, 0) is 0 Å². The van der Waals surface area contributed by atoms with E-state index in [4.69, 9.17) is 0 Å². The number of nitro benzene ring substituents is 1. The first-order valence-corrected chi connectivity index (χ1v) is 4.89. The van der Waals surface area contributed by atoms with Crippen molar-refractivity contribution in [3.63, 3.8) is 0 Å². The van der Waals surface area contributed by atoms with Gasteiger partial charge in [-0.25, -0.2) is 0 Å². The van der Waals surface area contributed by atoms with Crippen LogP contribution in [-0.4, -0.2) is 53.9 Å². The third kappa shape index (κ3) is 2.35. The fourth-order valence-corrected chi connectivity index (χ4v) is 1.69. The molecular formula is C7H6KNO2. The van der Waals surface area contributed by atoms with Gasteiger partial charge in [0.25, 0.3) is 0 Å². The van der Waals surface area contributed by atoms with Crippen molar-refractivity contribution in [1.29, 1.82) is 0 Å². The molecule has 3 nitrogen and oxygen atoms in total. The Morgan fingerprint density at radius 2 is 2.18 bits per heavy atom. The summed E-state index contributed by atoms with van der Waals surface area (Å²) in [6.45, 7) is 1.86. The van der Waals surface area contributed by atoms with E-state index in [1.165, 1.54) is 0 Å². The van der Waals surface area contributed by atoms with Gasteiger partial charge in [0, 0.05) is 0 Å². The molecule has 0 radical (unpaired) electrons. The summed E-state index contributed by atoms with van der Waals surface area (Å²) in [7, 11) is 0. The molecule has 1 aromatic rings. The van der Waals surface area contributed by atoms with Crippen molar-refractivity contribution >= 4 is 54.3 Å². The Morgan fingerprint density at radius 1 is 1.55 bits per heavy atom. The third-order valence-electron chi connectivity index (χ3n) is 1.56. The Kier molecular flexibility index (Phi) is 3.21. The maximum absolute atomic E-state index is 10.4. The summed E-state index contributed by atoms with van der Waals surface area (Å²) in [5.74, 6) is 0. The summed E-state index contributed by atoms with van der Waals surface area (Å²) >= 11 is 0.378. The summed E-state index contributed by atoms with van der Waals surface area (Å²) < 4.78 is 0.896. The van der Waals surface area contributed by atoms with E-state index >= 15 is 0 Å². The van der Waals surface area contributed by atoms with Crippen LogP contribution in [0, 0.1) is 17.0 Å². The molecule has 4 heteroatoms. The van der Waals surface area contributed by atoms with Gasteiger partial charge in [0.05, 0.1) is 0 Å². The van der Waals surface area contributed by atoms with Gasteiger partial charge in [-0.1, -0.05) is 0 Å². The number of rotatable bonds is 1. The van der Waals surface area contributed by atoms with Crippen molar-refractivity contribution in [2.45, 2.75) is 6.92 Å². The SMILES string of the molecule is Cc1cc[c]([K])c([N+](=O)[O-])c1. The van der Waals surface area contributed by atoms with Crippen LogP contribution < -0.4 is -0.342 Å².